The number of aryl methyl sites for hydroxylation is 1. The first-order chi connectivity index (χ1) is 7.50. The molecule has 1 heterocycles. The van der Waals surface area contributed by atoms with Crippen LogP contribution < -0.4 is 5.73 Å². The number of anilines is 1. The van der Waals surface area contributed by atoms with Crippen molar-refractivity contribution in [2.75, 3.05) is 5.73 Å². The van der Waals surface area contributed by atoms with Gasteiger partial charge in [-0.3, -0.25) is 4.68 Å². The van der Waals surface area contributed by atoms with Gasteiger partial charge in [-0.25, -0.2) is 4.39 Å². The Bertz CT molecular complexity index is 553. The molecule has 0 radical (unpaired) electrons. The second-order valence-corrected chi connectivity index (χ2v) is 3.76. The van der Waals surface area contributed by atoms with Crippen molar-refractivity contribution >= 4 is 17.4 Å². The van der Waals surface area contributed by atoms with E-state index in [2.05, 4.69) is 5.10 Å². The van der Waals surface area contributed by atoms with Gasteiger partial charge in [0.2, 0.25) is 0 Å². The number of nitrogens with zero attached hydrogens (tertiary/aromatic N) is 2. The third-order valence-electron chi connectivity index (χ3n) is 2.31. The lowest BCUT2D eigenvalue weighted by atomic mass is 10.1. The first kappa shape index (κ1) is 10.8. The predicted octanol–water partition coefficient (Wildman–Crippen LogP) is 2.17. The topological polar surface area (TPSA) is 64.1 Å². The van der Waals surface area contributed by atoms with Gasteiger partial charge < -0.3 is 10.8 Å². The molecule has 0 amide bonds. The number of halogens is 2. The second-order valence-electron chi connectivity index (χ2n) is 3.35. The lowest BCUT2D eigenvalue weighted by Gasteiger charge is -2.05. The van der Waals surface area contributed by atoms with Gasteiger partial charge in [-0.1, -0.05) is 11.6 Å². The monoisotopic (exact) mass is 241 g/mol. The molecule has 0 aliphatic carbocycles. The number of nitrogen functional groups attached to an aromatic ring is 1. The van der Waals surface area contributed by atoms with Crippen LogP contribution in [-0.2, 0) is 7.05 Å². The summed E-state index contributed by atoms with van der Waals surface area (Å²) >= 11 is 5.64. The van der Waals surface area contributed by atoms with E-state index >= 15 is 0 Å². The zero-order chi connectivity index (χ0) is 11.9. The van der Waals surface area contributed by atoms with E-state index in [0.717, 1.165) is 6.07 Å². The fraction of sp³-hybridized carbons (Fsp3) is 0.100. The minimum Gasteiger partial charge on any atom is -0.507 e. The average Bonchev–Trinajstić information content (AvgIpc) is 2.54. The van der Waals surface area contributed by atoms with Crippen molar-refractivity contribution in [3.8, 4) is 16.9 Å². The van der Waals surface area contributed by atoms with Crippen molar-refractivity contribution in [2.45, 2.75) is 0 Å². The lowest BCUT2D eigenvalue weighted by molar-refractivity contribution is 0.471. The van der Waals surface area contributed by atoms with Crippen LogP contribution in [0.15, 0.2) is 18.3 Å². The van der Waals surface area contributed by atoms with Crippen molar-refractivity contribution in [3.63, 3.8) is 0 Å². The SMILES string of the molecule is Cn1ncc(-c2cc(Cl)c(F)cc2O)c1N. The van der Waals surface area contributed by atoms with Crippen LogP contribution in [0.2, 0.25) is 5.02 Å². The molecule has 3 N–H and O–H groups in total. The van der Waals surface area contributed by atoms with Crippen molar-refractivity contribution < 1.29 is 9.50 Å². The van der Waals surface area contributed by atoms with Crippen LogP contribution in [0.5, 0.6) is 5.75 Å². The highest BCUT2D eigenvalue weighted by molar-refractivity contribution is 6.31. The van der Waals surface area contributed by atoms with Crippen molar-refractivity contribution in [3.05, 3.63) is 29.2 Å². The quantitative estimate of drug-likeness (QED) is 0.804. The standard InChI is InChI=1S/C10H9ClFN3O/c1-15-10(13)6(4-14-15)5-2-7(11)8(12)3-9(5)16/h2-4,16H,13H2,1H3. The summed E-state index contributed by atoms with van der Waals surface area (Å²) in [5, 5.41) is 13.5. The molecule has 0 atom stereocenters. The summed E-state index contributed by atoms with van der Waals surface area (Å²) in [5.74, 6) is -0.523. The van der Waals surface area contributed by atoms with Gasteiger partial charge in [0.25, 0.3) is 0 Å². The van der Waals surface area contributed by atoms with Gasteiger partial charge in [-0.2, -0.15) is 5.10 Å². The van der Waals surface area contributed by atoms with E-state index in [1.807, 2.05) is 0 Å². The number of rotatable bonds is 1. The Morgan fingerprint density at radius 1 is 1.44 bits per heavy atom. The van der Waals surface area contributed by atoms with E-state index in [9.17, 15) is 9.50 Å². The molecule has 0 saturated carbocycles. The molecule has 0 bridgehead atoms. The van der Waals surface area contributed by atoms with Crippen LogP contribution in [0.1, 0.15) is 0 Å². The highest BCUT2D eigenvalue weighted by Gasteiger charge is 2.14. The smallest absolute Gasteiger partial charge is 0.145 e. The molecule has 84 valence electrons. The van der Waals surface area contributed by atoms with E-state index in [0.29, 0.717) is 16.9 Å². The van der Waals surface area contributed by atoms with Crippen LogP contribution in [0.25, 0.3) is 11.1 Å². The molecule has 0 unspecified atom stereocenters. The minimum absolute atomic E-state index is 0.0731. The maximum Gasteiger partial charge on any atom is 0.145 e. The predicted molar refractivity (Wildman–Crippen MR) is 59.7 cm³/mol. The van der Waals surface area contributed by atoms with E-state index in [4.69, 9.17) is 17.3 Å². The highest BCUT2D eigenvalue weighted by atomic mass is 35.5. The Morgan fingerprint density at radius 2 is 2.12 bits per heavy atom. The molecule has 6 heteroatoms. The van der Waals surface area contributed by atoms with Crippen LogP contribution in [0.3, 0.4) is 0 Å². The van der Waals surface area contributed by atoms with Crippen molar-refractivity contribution in [1.82, 2.24) is 9.78 Å². The first-order valence-electron chi connectivity index (χ1n) is 4.46. The number of phenolic OH excluding ortho intramolecular Hbond substituents is 1. The van der Waals surface area contributed by atoms with Crippen LogP contribution >= 0.6 is 11.6 Å². The van der Waals surface area contributed by atoms with Crippen molar-refractivity contribution in [1.29, 1.82) is 0 Å². The molecule has 0 spiro atoms. The summed E-state index contributed by atoms with van der Waals surface area (Å²) < 4.78 is 14.5. The number of hydrogen-bond acceptors (Lipinski definition) is 3. The highest BCUT2D eigenvalue weighted by Crippen LogP contribution is 2.35. The van der Waals surface area contributed by atoms with E-state index < -0.39 is 5.82 Å². The Morgan fingerprint density at radius 3 is 2.69 bits per heavy atom. The normalized spacial score (nSPS) is 10.7. The van der Waals surface area contributed by atoms with Gasteiger partial charge >= 0.3 is 0 Å². The molecule has 16 heavy (non-hydrogen) atoms. The Kier molecular flexibility index (Phi) is 2.47. The molecule has 2 aromatic rings. The lowest BCUT2D eigenvalue weighted by Crippen LogP contribution is -1.98. The third-order valence-corrected chi connectivity index (χ3v) is 2.60. The van der Waals surface area contributed by atoms with E-state index in [-0.39, 0.29) is 10.8 Å². The van der Waals surface area contributed by atoms with Crippen LogP contribution in [0.4, 0.5) is 10.2 Å². The summed E-state index contributed by atoms with van der Waals surface area (Å²) in [4.78, 5) is 0. The molecule has 4 nitrogen and oxygen atoms in total. The van der Waals surface area contributed by atoms with E-state index in [1.54, 1.807) is 7.05 Å². The Labute approximate surface area is 96.1 Å². The molecular formula is C10H9ClFN3O. The van der Waals surface area contributed by atoms with E-state index in [1.165, 1.54) is 16.9 Å². The van der Waals surface area contributed by atoms with Gasteiger partial charge in [0.05, 0.1) is 11.2 Å². The second kappa shape index (κ2) is 3.68. The number of aromatic hydroxyl groups is 1. The average molecular weight is 242 g/mol. The summed E-state index contributed by atoms with van der Waals surface area (Å²) in [5.41, 5.74) is 6.62. The van der Waals surface area contributed by atoms with Gasteiger partial charge in [0.1, 0.15) is 17.4 Å². The molecule has 0 aliphatic heterocycles. The maximum absolute atomic E-state index is 13.0. The summed E-state index contributed by atoms with van der Waals surface area (Å²) in [6.45, 7) is 0. The van der Waals surface area contributed by atoms with Crippen LogP contribution in [-0.4, -0.2) is 14.9 Å². The maximum atomic E-state index is 13.0. The fourth-order valence-electron chi connectivity index (χ4n) is 1.41. The molecule has 0 fully saturated rings. The Balaban J connectivity index is 2.65. The molecule has 0 aliphatic rings. The zero-order valence-corrected chi connectivity index (χ0v) is 9.16. The zero-order valence-electron chi connectivity index (χ0n) is 8.41. The van der Waals surface area contributed by atoms with Gasteiger partial charge in [-0.05, 0) is 6.07 Å². The van der Waals surface area contributed by atoms with Gasteiger partial charge in [-0.15, -0.1) is 0 Å². The number of hydrogen-bond donors (Lipinski definition) is 2. The molecule has 2 rings (SSSR count). The van der Waals surface area contributed by atoms with Gasteiger partial charge in [0.15, 0.2) is 0 Å². The number of nitrogens with two attached hydrogens (primary N) is 1. The largest absolute Gasteiger partial charge is 0.507 e. The van der Waals surface area contributed by atoms with Gasteiger partial charge in [0, 0.05) is 24.2 Å². The third kappa shape index (κ3) is 1.59. The molecule has 0 saturated heterocycles. The fourth-order valence-corrected chi connectivity index (χ4v) is 1.57. The summed E-state index contributed by atoms with van der Waals surface area (Å²) in [7, 11) is 1.67. The number of aromatic nitrogens is 2. The summed E-state index contributed by atoms with van der Waals surface area (Å²) in [6.07, 6.45) is 1.48. The number of phenols is 1. The molecular weight excluding hydrogens is 233 g/mol. The summed E-state index contributed by atoms with van der Waals surface area (Å²) in [6, 6.07) is 2.27. The molecule has 1 aromatic heterocycles. The Hall–Kier alpha value is -1.75. The van der Waals surface area contributed by atoms with Crippen molar-refractivity contribution in [2.24, 2.45) is 7.05 Å². The first-order valence-corrected chi connectivity index (χ1v) is 4.84. The molecule has 1 aromatic carbocycles. The minimum atomic E-state index is -0.676. The van der Waals surface area contributed by atoms with Crippen LogP contribution in [0, 0.1) is 5.82 Å². The number of benzene rings is 1.